The van der Waals surface area contributed by atoms with Crippen LogP contribution in [-0.4, -0.2) is 4.57 Å². The zero-order chi connectivity index (χ0) is 34.2. The Morgan fingerprint density at radius 3 is 1.85 bits per heavy atom. The lowest BCUT2D eigenvalue weighted by atomic mass is 9.93. The molecule has 11 aromatic rings. The first-order valence-corrected chi connectivity index (χ1v) is 18.4. The van der Waals surface area contributed by atoms with E-state index in [1.165, 1.54) is 42.1 Å². The van der Waals surface area contributed by atoms with Crippen molar-refractivity contribution < 1.29 is 4.42 Å². The Morgan fingerprint density at radius 1 is 0.423 bits per heavy atom. The van der Waals surface area contributed by atoms with Crippen LogP contribution in [0.15, 0.2) is 186 Å². The van der Waals surface area contributed by atoms with Crippen molar-refractivity contribution in [3.8, 4) is 16.8 Å². The van der Waals surface area contributed by atoms with Gasteiger partial charge in [-0.05, 0) is 78.4 Å². The van der Waals surface area contributed by atoms with Crippen molar-refractivity contribution in [1.82, 2.24) is 4.57 Å². The summed E-state index contributed by atoms with van der Waals surface area (Å²) in [4.78, 5) is 2.35. The van der Waals surface area contributed by atoms with E-state index in [1.54, 1.807) is 0 Å². The zero-order valence-corrected chi connectivity index (χ0v) is 28.8. The maximum Gasteiger partial charge on any atom is 0.138 e. The van der Waals surface area contributed by atoms with Crippen molar-refractivity contribution >= 4 is 92.3 Å². The van der Waals surface area contributed by atoms with Gasteiger partial charge >= 0.3 is 0 Å². The fraction of sp³-hybridized carbons (Fsp3) is 0. The zero-order valence-electron chi connectivity index (χ0n) is 28.0. The molecule has 0 amide bonds. The van der Waals surface area contributed by atoms with Crippen LogP contribution in [0.1, 0.15) is 0 Å². The first-order valence-electron chi connectivity index (χ1n) is 17.6. The fourth-order valence-corrected chi connectivity index (χ4v) is 9.28. The quantitative estimate of drug-likeness (QED) is 0.180. The van der Waals surface area contributed by atoms with Gasteiger partial charge in [-0.25, -0.2) is 0 Å². The highest BCUT2D eigenvalue weighted by atomic mass is 32.1. The number of fused-ring (bicyclic) bond motifs is 9. The van der Waals surface area contributed by atoms with Gasteiger partial charge in [-0.2, -0.15) is 0 Å². The third-order valence-electron chi connectivity index (χ3n) is 10.3. The van der Waals surface area contributed by atoms with Gasteiger partial charge in [0, 0.05) is 76.1 Å². The first-order chi connectivity index (χ1) is 25.8. The highest BCUT2D eigenvalue weighted by Gasteiger charge is 2.24. The average Bonchev–Trinajstić information content (AvgIpc) is 3.87. The van der Waals surface area contributed by atoms with Crippen LogP contribution in [0.2, 0.25) is 0 Å². The van der Waals surface area contributed by atoms with E-state index >= 15 is 0 Å². The molecule has 0 unspecified atom stereocenters. The second-order valence-corrected chi connectivity index (χ2v) is 14.4. The van der Waals surface area contributed by atoms with Crippen molar-refractivity contribution in [3.63, 3.8) is 0 Å². The normalized spacial score (nSPS) is 11.8. The predicted molar refractivity (Wildman–Crippen MR) is 221 cm³/mol. The first kappa shape index (κ1) is 29.1. The van der Waals surface area contributed by atoms with E-state index in [-0.39, 0.29) is 0 Å². The van der Waals surface area contributed by atoms with E-state index in [1.807, 2.05) is 11.3 Å². The molecular weight excluding hydrogens is 653 g/mol. The average molecular weight is 683 g/mol. The molecule has 4 heteroatoms. The SMILES string of the molecule is c1ccc(N(c2ccccc2)c2ccc3c(c2)c2c(-c4ccc5c(c4)sc4ccccc45)c4c(cc2n3-c2ccccc2)oc2ccccc24)cc1. The lowest BCUT2D eigenvalue weighted by molar-refractivity contribution is 0.669. The van der Waals surface area contributed by atoms with Crippen molar-refractivity contribution in [3.05, 3.63) is 182 Å². The minimum Gasteiger partial charge on any atom is -0.456 e. The van der Waals surface area contributed by atoms with Gasteiger partial charge in [0.1, 0.15) is 11.2 Å². The van der Waals surface area contributed by atoms with Crippen LogP contribution in [0.3, 0.4) is 0 Å². The molecule has 0 aliphatic rings. The third kappa shape index (κ3) is 4.38. The minimum atomic E-state index is 0.885. The molecule has 8 aromatic carbocycles. The Balaban J connectivity index is 1.30. The molecule has 3 heterocycles. The smallest absolute Gasteiger partial charge is 0.138 e. The maximum absolute atomic E-state index is 6.70. The molecule has 244 valence electrons. The van der Waals surface area contributed by atoms with E-state index in [4.69, 9.17) is 4.42 Å². The molecule has 0 atom stereocenters. The molecule has 0 radical (unpaired) electrons. The Bertz CT molecular complexity index is 3080. The van der Waals surface area contributed by atoms with Crippen LogP contribution in [0.4, 0.5) is 17.1 Å². The van der Waals surface area contributed by atoms with Crippen molar-refractivity contribution in [2.45, 2.75) is 0 Å². The number of thiophene rings is 1. The van der Waals surface area contributed by atoms with Gasteiger partial charge in [0.05, 0.1) is 11.0 Å². The lowest BCUT2D eigenvalue weighted by Crippen LogP contribution is -2.09. The van der Waals surface area contributed by atoms with E-state index in [0.717, 1.165) is 55.7 Å². The number of furan rings is 1. The summed E-state index contributed by atoms with van der Waals surface area (Å²) in [6.45, 7) is 0. The van der Waals surface area contributed by atoms with Gasteiger partial charge in [0.25, 0.3) is 0 Å². The van der Waals surface area contributed by atoms with Gasteiger partial charge < -0.3 is 13.9 Å². The molecule has 3 nitrogen and oxygen atoms in total. The molecule has 0 aliphatic carbocycles. The number of benzene rings is 8. The standard InChI is InChI=1S/C48H30N2OS/c1-4-14-32(15-5-1)49(33-16-6-2-7-17-33)35-25-27-40-39(29-35)47-41(50(40)34-18-8-3-9-19-34)30-43-48(38-21-10-12-22-42(38)51-43)46(47)31-24-26-37-36-20-11-13-23-44(36)52-45(37)28-31/h1-30H. The summed E-state index contributed by atoms with van der Waals surface area (Å²) in [6, 6.07) is 65.3. The Morgan fingerprint density at radius 2 is 1.08 bits per heavy atom. The Kier molecular flexibility index (Phi) is 6.42. The van der Waals surface area contributed by atoms with Crippen LogP contribution < -0.4 is 4.90 Å². The minimum absolute atomic E-state index is 0.885. The number of hydrogen-bond donors (Lipinski definition) is 0. The molecular formula is C48H30N2OS. The lowest BCUT2D eigenvalue weighted by Gasteiger charge is -2.25. The van der Waals surface area contributed by atoms with E-state index in [2.05, 4.69) is 191 Å². The molecule has 0 fully saturated rings. The summed E-state index contributed by atoms with van der Waals surface area (Å²) in [5, 5.41) is 7.26. The van der Waals surface area contributed by atoms with E-state index in [9.17, 15) is 0 Å². The van der Waals surface area contributed by atoms with E-state index in [0.29, 0.717) is 0 Å². The summed E-state index contributed by atoms with van der Waals surface area (Å²) in [5.74, 6) is 0. The van der Waals surface area contributed by atoms with Crippen molar-refractivity contribution in [1.29, 1.82) is 0 Å². The molecule has 0 saturated heterocycles. The molecule has 11 rings (SSSR count). The van der Waals surface area contributed by atoms with Crippen LogP contribution in [-0.2, 0) is 0 Å². The molecule has 0 bridgehead atoms. The topological polar surface area (TPSA) is 21.3 Å². The number of hydrogen-bond acceptors (Lipinski definition) is 3. The maximum atomic E-state index is 6.70. The number of nitrogens with zero attached hydrogens (tertiary/aromatic N) is 2. The van der Waals surface area contributed by atoms with Crippen LogP contribution in [0, 0.1) is 0 Å². The summed E-state index contributed by atoms with van der Waals surface area (Å²) in [6.07, 6.45) is 0. The molecule has 52 heavy (non-hydrogen) atoms. The molecule has 0 saturated carbocycles. The highest BCUT2D eigenvalue weighted by Crippen LogP contribution is 2.48. The predicted octanol–water partition coefficient (Wildman–Crippen LogP) is 14.2. The molecule has 0 spiro atoms. The Hall–Kier alpha value is -6.62. The van der Waals surface area contributed by atoms with Crippen LogP contribution in [0.25, 0.3) is 80.7 Å². The molecule has 3 aromatic heterocycles. The number of aromatic nitrogens is 1. The molecule has 0 aliphatic heterocycles. The van der Waals surface area contributed by atoms with E-state index < -0.39 is 0 Å². The van der Waals surface area contributed by atoms with Gasteiger partial charge in [-0.3, -0.25) is 0 Å². The molecule has 0 N–H and O–H groups in total. The number of para-hydroxylation sites is 4. The number of rotatable bonds is 5. The Labute approximate surface area is 303 Å². The summed E-state index contributed by atoms with van der Waals surface area (Å²) in [7, 11) is 0. The number of anilines is 3. The summed E-state index contributed by atoms with van der Waals surface area (Å²) in [5.41, 5.74) is 10.8. The van der Waals surface area contributed by atoms with Gasteiger partial charge in [0.2, 0.25) is 0 Å². The van der Waals surface area contributed by atoms with Crippen molar-refractivity contribution in [2.75, 3.05) is 4.90 Å². The fourth-order valence-electron chi connectivity index (χ4n) is 8.14. The van der Waals surface area contributed by atoms with Gasteiger partial charge in [-0.15, -0.1) is 11.3 Å². The van der Waals surface area contributed by atoms with Gasteiger partial charge in [0.15, 0.2) is 0 Å². The monoisotopic (exact) mass is 682 g/mol. The van der Waals surface area contributed by atoms with Crippen LogP contribution >= 0.6 is 11.3 Å². The van der Waals surface area contributed by atoms with Crippen LogP contribution in [0.5, 0.6) is 0 Å². The third-order valence-corrected chi connectivity index (χ3v) is 11.5. The van der Waals surface area contributed by atoms with Gasteiger partial charge in [-0.1, -0.05) is 103 Å². The summed E-state index contributed by atoms with van der Waals surface area (Å²) < 4.78 is 11.7. The second-order valence-electron chi connectivity index (χ2n) is 13.3. The summed E-state index contributed by atoms with van der Waals surface area (Å²) >= 11 is 1.86. The van der Waals surface area contributed by atoms with Crippen molar-refractivity contribution in [2.24, 2.45) is 0 Å². The second kappa shape index (κ2) is 11.5. The largest absolute Gasteiger partial charge is 0.456 e. The highest BCUT2D eigenvalue weighted by molar-refractivity contribution is 7.25.